The number of ether oxygens (including phenoxy) is 1. The molecule has 1 aromatic heterocycles. The molecule has 4 rings (SSSR count). The number of carbonyl (C=O) groups excluding carboxylic acids is 1. The first-order valence-electron chi connectivity index (χ1n) is 8.97. The van der Waals surface area contributed by atoms with Crippen LogP contribution in [0.5, 0.6) is 0 Å². The fourth-order valence-corrected chi connectivity index (χ4v) is 3.30. The molecule has 2 N–H and O–H groups in total. The van der Waals surface area contributed by atoms with Crippen LogP contribution < -0.4 is 5.32 Å². The van der Waals surface area contributed by atoms with Crippen molar-refractivity contribution in [1.82, 2.24) is 15.3 Å². The van der Waals surface area contributed by atoms with Crippen molar-refractivity contribution >= 4 is 16.9 Å². The molecule has 5 nitrogen and oxygen atoms in total. The number of nitrogens with one attached hydrogen (secondary N) is 2. The van der Waals surface area contributed by atoms with E-state index in [-0.39, 0.29) is 17.8 Å². The lowest BCUT2D eigenvalue weighted by Crippen LogP contribution is -2.38. The summed E-state index contributed by atoms with van der Waals surface area (Å²) >= 11 is 0. The van der Waals surface area contributed by atoms with Crippen molar-refractivity contribution in [3.8, 4) is 11.4 Å². The molecular formula is C20H18F3N3O2. The number of carbonyl (C=O) groups is 1. The third-order valence-corrected chi connectivity index (χ3v) is 4.78. The van der Waals surface area contributed by atoms with Gasteiger partial charge in [0, 0.05) is 24.8 Å². The number of alkyl halides is 3. The number of halogens is 3. The van der Waals surface area contributed by atoms with Crippen LogP contribution in [-0.2, 0) is 10.9 Å². The first-order valence-corrected chi connectivity index (χ1v) is 8.97. The van der Waals surface area contributed by atoms with Crippen molar-refractivity contribution in [3.63, 3.8) is 0 Å². The number of para-hydroxylation sites is 1. The Bertz CT molecular complexity index is 1010. The number of aromatic amines is 1. The minimum Gasteiger partial charge on any atom is -0.381 e. The molecule has 146 valence electrons. The number of fused-ring (bicyclic) bond motifs is 1. The van der Waals surface area contributed by atoms with E-state index in [1.807, 2.05) is 0 Å². The van der Waals surface area contributed by atoms with Gasteiger partial charge in [0.2, 0.25) is 0 Å². The number of benzene rings is 2. The van der Waals surface area contributed by atoms with Gasteiger partial charge >= 0.3 is 6.18 Å². The lowest BCUT2D eigenvalue weighted by Gasteiger charge is -2.23. The molecule has 2 heterocycles. The Morgan fingerprint density at radius 3 is 2.64 bits per heavy atom. The largest absolute Gasteiger partial charge is 0.416 e. The molecule has 8 heteroatoms. The van der Waals surface area contributed by atoms with Gasteiger partial charge in [0.1, 0.15) is 11.3 Å². The van der Waals surface area contributed by atoms with Crippen LogP contribution in [0.1, 0.15) is 28.8 Å². The number of amides is 1. The van der Waals surface area contributed by atoms with Crippen LogP contribution in [0.25, 0.3) is 22.4 Å². The summed E-state index contributed by atoms with van der Waals surface area (Å²) in [4.78, 5) is 20.1. The normalized spacial score (nSPS) is 15.7. The highest BCUT2D eigenvalue weighted by molar-refractivity contribution is 6.05. The van der Waals surface area contributed by atoms with Gasteiger partial charge in [-0.2, -0.15) is 13.2 Å². The Morgan fingerprint density at radius 1 is 1.14 bits per heavy atom. The van der Waals surface area contributed by atoms with Gasteiger partial charge in [0.25, 0.3) is 5.91 Å². The van der Waals surface area contributed by atoms with Crippen LogP contribution in [-0.4, -0.2) is 35.1 Å². The van der Waals surface area contributed by atoms with Crippen molar-refractivity contribution in [2.24, 2.45) is 0 Å². The molecule has 1 amide bonds. The smallest absolute Gasteiger partial charge is 0.381 e. The van der Waals surface area contributed by atoms with E-state index in [0.29, 0.717) is 35.4 Å². The molecule has 1 aliphatic rings. The Morgan fingerprint density at radius 2 is 1.89 bits per heavy atom. The van der Waals surface area contributed by atoms with Crippen molar-refractivity contribution in [1.29, 1.82) is 0 Å². The third-order valence-electron chi connectivity index (χ3n) is 4.78. The number of imidazole rings is 1. The summed E-state index contributed by atoms with van der Waals surface area (Å²) in [5.74, 6) is 0.0343. The predicted octanol–water partition coefficient (Wildman–Crippen LogP) is 4.16. The van der Waals surface area contributed by atoms with E-state index >= 15 is 0 Å². The van der Waals surface area contributed by atoms with E-state index in [4.69, 9.17) is 4.74 Å². The predicted molar refractivity (Wildman–Crippen MR) is 97.8 cm³/mol. The minimum atomic E-state index is -4.43. The number of nitrogens with zero attached hydrogens (tertiary/aromatic N) is 1. The second-order valence-electron chi connectivity index (χ2n) is 6.73. The average molecular weight is 389 g/mol. The number of rotatable bonds is 3. The summed E-state index contributed by atoms with van der Waals surface area (Å²) < 4.78 is 44.3. The highest BCUT2D eigenvalue weighted by Gasteiger charge is 2.30. The van der Waals surface area contributed by atoms with Crippen LogP contribution in [0.3, 0.4) is 0 Å². The van der Waals surface area contributed by atoms with Gasteiger partial charge in [-0.1, -0.05) is 18.2 Å². The molecule has 1 aliphatic heterocycles. The third kappa shape index (κ3) is 3.73. The van der Waals surface area contributed by atoms with E-state index in [1.54, 1.807) is 24.3 Å². The van der Waals surface area contributed by atoms with Crippen LogP contribution in [0.15, 0.2) is 42.5 Å². The average Bonchev–Trinajstić information content (AvgIpc) is 3.12. The SMILES string of the molecule is O=C(NC1CCOCC1)c1cccc2[nH]c(-c3cccc(C(F)(F)F)c3)nc12. The molecular weight excluding hydrogens is 371 g/mol. The molecule has 2 aromatic carbocycles. The highest BCUT2D eigenvalue weighted by atomic mass is 19.4. The standard InChI is InChI=1S/C20H18F3N3O2/c21-20(22,23)13-4-1-3-12(11-13)18-25-16-6-2-5-15(17(16)26-18)19(27)24-14-7-9-28-10-8-14/h1-6,11,14H,7-10H2,(H,24,27)(H,25,26). The van der Waals surface area contributed by atoms with Gasteiger partial charge in [-0.15, -0.1) is 0 Å². The molecule has 0 saturated carbocycles. The van der Waals surface area contributed by atoms with E-state index in [0.717, 1.165) is 25.0 Å². The second-order valence-corrected chi connectivity index (χ2v) is 6.73. The molecule has 0 spiro atoms. The second kappa shape index (κ2) is 7.27. The van der Waals surface area contributed by atoms with Gasteiger partial charge < -0.3 is 15.0 Å². The maximum atomic E-state index is 13.0. The van der Waals surface area contributed by atoms with Crippen LogP contribution in [0, 0.1) is 0 Å². The maximum absolute atomic E-state index is 13.0. The Hall–Kier alpha value is -2.87. The zero-order valence-electron chi connectivity index (χ0n) is 14.8. The monoisotopic (exact) mass is 389 g/mol. The summed E-state index contributed by atoms with van der Waals surface area (Å²) in [5, 5.41) is 2.98. The minimum absolute atomic E-state index is 0.0402. The molecule has 3 aromatic rings. The molecule has 0 aliphatic carbocycles. The number of hydrogen-bond acceptors (Lipinski definition) is 3. The van der Waals surface area contributed by atoms with Crippen LogP contribution >= 0.6 is 0 Å². The maximum Gasteiger partial charge on any atom is 0.416 e. The van der Waals surface area contributed by atoms with Gasteiger partial charge in [-0.05, 0) is 37.1 Å². The summed E-state index contributed by atoms with van der Waals surface area (Å²) in [7, 11) is 0. The first-order chi connectivity index (χ1) is 13.4. The van der Waals surface area contributed by atoms with Gasteiger partial charge in [-0.25, -0.2) is 4.98 Å². The van der Waals surface area contributed by atoms with Crippen molar-refractivity contribution in [3.05, 3.63) is 53.6 Å². The molecule has 0 radical (unpaired) electrons. The summed E-state index contributed by atoms with van der Waals surface area (Å²) in [6.07, 6.45) is -2.94. The van der Waals surface area contributed by atoms with E-state index in [9.17, 15) is 18.0 Å². The number of hydrogen-bond donors (Lipinski definition) is 2. The van der Waals surface area contributed by atoms with Gasteiger partial charge in [0.05, 0.1) is 16.6 Å². The molecule has 0 bridgehead atoms. The Labute approximate surface area is 158 Å². The highest BCUT2D eigenvalue weighted by Crippen LogP contribution is 2.32. The zero-order valence-corrected chi connectivity index (χ0v) is 14.8. The van der Waals surface area contributed by atoms with Crippen molar-refractivity contribution in [2.75, 3.05) is 13.2 Å². The number of H-pyrrole nitrogens is 1. The lowest BCUT2D eigenvalue weighted by atomic mass is 10.1. The topological polar surface area (TPSA) is 67.0 Å². The fraction of sp³-hybridized carbons (Fsp3) is 0.300. The van der Waals surface area contributed by atoms with Crippen molar-refractivity contribution in [2.45, 2.75) is 25.1 Å². The summed E-state index contributed by atoms with van der Waals surface area (Å²) in [6.45, 7) is 1.22. The summed E-state index contributed by atoms with van der Waals surface area (Å²) in [5.41, 5.74) is 0.967. The fourth-order valence-electron chi connectivity index (χ4n) is 3.30. The van der Waals surface area contributed by atoms with E-state index in [2.05, 4.69) is 15.3 Å². The molecule has 1 fully saturated rings. The van der Waals surface area contributed by atoms with E-state index in [1.165, 1.54) is 6.07 Å². The van der Waals surface area contributed by atoms with Crippen LogP contribution in [0.4, 0.5) is 13.2 Å². The van der Waals surface area contributed by atoms with Gasteiger partial charge in [-0.3, -0.25) is 4.79 Å². The Balaban J connectivity index is 1.66. The lowest BCUT2D eigenvalue weighted by molar-refractivity contribution is -0.137. The molecule has 0 atom stereocenters. The number of aromatic nitrogens is 2. The summed E-state index contributed by atoms with van der Waals surface area (Å²) in [6, 6.07) is 10.1. The quantitative estimate of drug-likeness (QED) is 0.707. The van der Waals surface area contributed by atoms with Crippen molar-refractivity contribution < 1.29 is 22.7 Å². The van der Waals surface area contributed by atoms with E-state index < -0.39 is 11.7 Å². The van der Waals surface area contributed by atoms with Gasteiger partial charge in [0.15, 0.2) is 0 Å². The zero-order chi connectivity index (χ0) is 19.7. The molecule has 0 unspecified atom stereocenters. The first kappa shape index (κ1) is 18.5. The molecule has 1 saturated heterocycles. The molecule has 28 heavy (non-hydrogen) atoms. The Kier molecular flexibility index (Phi) is 4.80. The van der Waals surface area contributed by atoms with Crippen LogP contribution in [0.2, 0.25) is 0 Å².